The molecule has 2 unspecified atom stereocenters. The Morgan fingerprint density at radius 3 is 2.43 bits per heavy atom. The van der Waals surface area contributed by atoms with Gasteiger partial charge in [0.15, 0.2) is 0 Å². The number of hydrogen-bond acceptors (Lipinski definition) is 2. The van der Waals surface area contributed by atoms with E-state index < -0.39 is 0 Å². The first-order chi connectivity index (χ1) is 10.2. The molecule has 0 aliphatic heterocycles. The quantitative estimate of drug-likeness (QED) is 0.744. The van der Waals surface area contributed by atoms with Crippen molar-refractivity contribution in [3.8, 4) is 0 Å². The van der Waals surface area contributed by atoms with Crippen LogP contribution in [0, 0.1) is 5.41 Å². The smallest absolute Gasteiger partial charge is 0.0720 e. The number of rotatable bonds is 8. The van der Waals surface area contributed by atoms with Crippen LogP contribution in [0.4, 0.5) is 0 Å². The molecule has 2 atom stereocenters. The maximum Gasteiger partial charge on any atom is 0.0720 e. The Bertz CT molecular complexity index is 427. The van der Waals surface area contributed by atoms with Crippen LogP contribution < -0.4 is 5.32 Å². The average Bonchev–Trinajstić information content (AvgIpc) is 2.49. The van der Waals surface area contributed by atoms with Crippen LogP contribution in [0.25, 0.3) is 0 Å². The summed E-state index contributed by atoms with van der Waals surface area (Å²) in [5.74, 6) is 0. The molecule has 0 spiro atoms. The van der Waals surface area contributed by atoms with Crippen LogP contribution in [-0.4, -0.2) is 18.7 Å². The number of benzene rings is 1. The Morgan fingerprint density at radius 2 is 1.86 bits per heavy atom. The molecule has 1 aliphatic rings. The van der Waals surface area contributed by atoms with Crippen molar-refractivity contribution in [1.82, 2.24) is 5.32 Å². The van der Waals surface area contributed by atoms with Gasteiger partial charge < -0.3 is 10.1 Å². The van der Waals surface area contributed by atoms with Gasteiger partial charge in [-0.25, -0.2) is 0 Å². The van der Waals surface area contributed by atoms with Gasteiger partial charge in [-0.05, 0) is 49.9 Å². The molecular weight excluding hydrogens is 282 g/mol. The second-order valence-corrected chi connectivity index (χ2v) is 6.55. The molecule has 0 amide bonds. The summed E-state index contributed by atoms with van der Waals surface area (Å²) in [6, 6.07) is 8.57. The molecule has 0 heterocycles. The molecule has 1 fully saturated rings. The van der Waals surface area contributed by atoms with Crippen molar-refractivity contribution in [2.24, 2.45) is 5.41 Å². The van der Waals surface area contributed by atoms with Crippen LogP contribution in [0.5, 0.6) is 0 Å². The van der Waals surface area contributed by atoms with E-state index in [1.54, 1.807) is 0 Å². The van der Waals surface area contributed by atoms with Gasteiger partial charge >= 0.3 is 0 Å². The number of ether oxygens (including phenoxy) is 1. The van der Waals surface area contributed by atoms with Gasteiger partial charge in [-0.1, -0.05) is 44.5 Å². The molecule has 1 aliphatic carbocycles. The molecule has 0 saturated heterocycles. The van der Waals surface area contributed by atoms with E-state index in [9.17, 15) is 0 Å². The van der Waals surface area contributed by atoms with E-state index >= 15 is 0 Å². The lowest BCUT2D eigenvalue weighted by Gasteiger charge is -2.55. The monoisotopic (exact) mass is 309 g/mol. The fraction of sp³-hybridized carbons (Fsp3) is 0.667. The first-order valence-electron chi connectivity index (χ1n) is 8.25. The van der Waals surface area contributed by atoms with Crippen molar-refractivity contribution < 1.29 is 4.74 Å². The van der Waals surface area contributed by atoms with Crippen LogP contribution in [0.15, 0.2) is 24.3 Å². The molecule has 2 rings (SSSR count). The highest BCUT2D eigenvalue weighted by atomic mass is 35.5. The average molecular weight is 310 g/mol. The van der Waals surface area contributed by atoms with Gasteiger partial charge in [0, 0.05) is 16.5 Å². The van der Waals surface area contributed by atoms with E-state index in [2.05, 4.69) is 26.1 Å². The normalized spacial score (nSPS) is 23.8. The Kier molecular flexibility index (Phi) is 6.09. The van der Waals surface area contributed by atoms with Gasteiger partial charge in [0.25, 0.3) is 0 Å². The Hall–Kier alpha value is -0.570. The van der Waals surface area contributed by atoms with Crippen LogP contribution in [0.2, 0.25) is 5.02 Å². The first kappa shape index (κ1) is 16.8. The summed E-state index contributed by atoms with van der Waals surface area (Å²) in [7, 11) is 0. The maximum atomic E-state index is 6.23. The van der Waals surface area contributed by atoms with Crippen LogP contribution in [0.1, 0.15) is 52.0 Å². The van der Waals surface area contributed by atoms with Gasteiger partial charge in [-0.3, -0.25) is 0 Å². The number of halogens is 1. The zero-order valence-electron chi connectivity index (χ0n) is 13.5. The Balaban J connectivity index is 1.92. The summed E-state index contributed by atoms with van der Waals surface area (Å²) < 4.78 is 6.23. The highest BCUT2D eigenvalue weighted by Crippen LogP contribution is 2.49. The van der Waals surface area contributed by atoms with Crippen molar-refractivity contribution in [2.45, 2.75) is 65.2 Å². The lowest BCUT2D eigenvalue weighted by atomic mass is 9.58. The molecule has 0 bridgehead atoms. The molecule has 2 nitrogen and oxygen atoms in total. The van der Waals surface area contributed by atoms with E-state index in [4.69, 9.17) is 16.3 Å². The van der Waals surface area contributed by atoms with E-state index in [1.165, 1.54) is 24.8 Å². The minimum Gasteiger partial charge on any atom is -0.373 e. The third-order valence-electron chi connectivity index (χ3n) is 5.11. The zero-order valence-corrected chi connectivity index (χ0v) is 14.2. The molecule has 21 heavy (non-hydrogen) atoms. The van der Waals surface area contributed by atoms with Gasteiger partial charge in [0.1, 0.15) is 0 Å². The summed E-state index contributed by atoms with van der Waals surface area (Å²) in [5.41, 5.74) is 1.51. The summed E-state index contributed by atoms with van der Waals surface area (Å²) >= 11 is 5.92. The lowest BCUT2D eigenvalue weighted by molar-refractivity contribution is -0.147. The molecule has 1 aromatic rings. The van der Waals surface area contributed by atoms with Crippen LogP contribution in [-0.2, 0) is 11.3 Å². The van der Waals surface area contributed by atoms with Gasteiger partial charge in [0.05, 0.1) is 12.7 Å². The highest BCUT2D eigenvalue weighted by Gasteiger charge is 2.52. The van der Waals surface area contributed by atoms with Crippen molar-refractivity contribution >= 4 is 11.6 Å². The topological polar surface area (TPSA) is 21.3 Å². The molecule has 1 N–H and O–H groups in total. The second kappa shape index (κ2) is 7.62. The molecule has 0 radical (unpaired) electrons. The van der Waals surface area contributed by atoms with Crippen molar-refractivity contribution in [2.75, 3.05) is 6.54 Å². The fourth-order valence-corrected chi connectivity index (χ4v) is 3.69. The second-order valence-electron chi connectivity index (χ2n) is 6.11. The van der Waals surface area contributed by atoms with Crippen molar-refractivity contribution in [1.29, 1.82) is 0 Å². The summed E-state index contributed by atoms with van der Waals surface area (Å²) in [4.78, 5) is 0. The minimum absolute atomic E-state index is 0.307. The van der Waals surface area contributed by atoms with Crippen LogP contribution in [0.3, 0.4) is 0 Å². The highest BCUT2D eigenvalue weighted by molar-refractivity contribution is 6.30. The van der Waals surface area contributed by atoms with Gasteiger partial charge in [-0.2, -0.15) is 0 Å². The third-order valence-corrected chi connectivity index (χ3v) is 5.36. The maximum absolute atomic E-state index is 6.23. The van der Waals surface area contributed by atoms with E-state index in [0.717, 1.165) is 18.0 Å². The van der Waals surface area contributed by atoms with Gasteiger partial charge in [-0.15, -0.1) is 0 Å². The third kappa shape index (κ3) is 3.61. The summed E-state index contributed by atoms with van der Waals surface area (Å²) in [6.45, 7) is 8.60. The molecule has 118 valence electrons. The predicted octanol–water partition coefficient (Wildman–Crippen LogP) is 4.80. The SMILES string of the molecule is CCCNC1CC(OCc2ccc(Cl)cc2)C1(CC)CC. The lowest BCUT2D eigenvalue weighted by Crippen LogP contribution is -2.63. The molecule has 1 saturated carbocycles. The van der Waals surface area contributed by atoms with Gasteiger partial charge in [0.2, 0.25) is 0 Å². The van der Waals surface area contributed by atoms with Crippen LogP contribution >= 0.6 is 11.6 Å². The molecular formula is C18H28ClNO. The molecule has 3 heteroatoms. The van der Waals surface area contributed by atoms with Crippen molar-refractivity contribution in [3.05, 3.63) is 34.9 Å². The van der Waals surface area contributed by atoms with E-state index in [1.807, 2.05) is 24.3 Å². The largest absolute Gasteiger partial charge is 0.373 e. The summed E-state index contributed by atoms with van der Waals surface area (Å²) in [6.07, 6.45) is 5.05. The molecule has 1 aromatic carbocycles. The molecule has 0 aromatic heterocycles. The number of nitrogens with one attached hydrogen (secondary N) is 1. The first-order valence-corrected chi connectivity index (χ1v) is 8.63. The Morgan fingerprint density at radius 1 is 1.19 bits per heavy atom. The van der Waals surface area contributed by atoms with E-state index in [0.29, 0.717) is 24.2 Å². The van der Waals surface area contributed by atoms with Crippen molar-refractivity contribution in [3.63, 3.8) is 0 Å². The minimum atomic E-state index is 0.307. The summed E-state index contributed by atoms with van der Waals surface area (Å²) in [5, 5.41) is 4.48. The zero-order chi connectivity index (χ0) is 15.3. The standard InChI is InChI=1S/C18H28ClNO/c1-4-11-20-16-12-17(18(16,5-2)6-3)21-13-14-7-9-15(19)10-8-14/h7-10,16-17,20H,4-6,11-13H2,1-3H3. The van der Waals surface area contributed by atoms with E-state index in [-0.39, 0.29) is 0 Å². The number of hydrogen-bond donors (Lipinski definition) is 1. The predicted molar refractivity (Wildman–Crippen MR) is 89.7 cm³/mol. The Labute approximate surface area is 134 Å². The fourth-order valence-electron chi connectivity index (χ4n) is 3.56.